The Morgan fingerprint density at radius 1 is 1.17 bits per heavy atom. The fraction of sp³-hybridized carbons (Fsp3) is 0.571. The van der Waals surface area contributed by atoms with Gasteiger partial charge in [-0.15, -0.1) is 24.0 Å². The molecule has 0 atom stereocenters. The SMILES string of the molecule is CN=C(NCCCNC(=O)C1CCC1)N1CCN(Cc2ccc(Cl)cc2)C(=O)C1.I. The first-order valence-electron chi connectivity index (χ1n) is 10.3. The average molecular weight is 548 g/mol. The van der Waals surface area contributed by atoms with Gasteiger partial charge in [0.25, 0.3) is 0 Å². The van der Waals surface area contributed by atoms with Crippen molar-refractivity contribution in [2.75, 3.05) is 39.8 Å². The van der Waals surface area contributed by atoms with Gasteiger partial charge in [0.1, 0.15) is 0 Å². The number of amides is 2. The van der Waals surface area contributed by atoms with Crippen LogP contribution in [-0.2, 0) is 16.1 Å². The molecule has 1 aliphatic heterocycles. The molecular weight excluding hydrogens is 517 g/mol. The third-order valence-electron chi connectivity index (χ3n) is 5.53. The zero-order chi connectivity index (χ0) is 20.6. The van der Waals surface area contributed by atoms with E-state index in [2.05, 4.69) is 15.6 Å². The van der Waals surface area contributed by atoms with Gasteiger partial charge >= 0.3 is 0 Å². The normalized spacial score (nSPS) is 17.3. The topological polar surface area (TPSA) is 77.0 Å². The fourth-order valence-corrected chi connectivity index (χ4v) is 3.64. The van der Waals surface area contributed by atoms with Crippen LogP contribution in [0.2, 0.25) is 5.02 Å². The number of hydrogen-bond donors (Lipinski definition) is 2. The molecule has 9 heteroatoms. The van der Waals surface area contributed by atoms with Gasteiger partial charge in [0.05, 0.1) is 6.54 Å². The van der Waals surface area contributed by atoms with E-state index in [1.165, 1.54) is 6.42 Å². The zero-order valence-electron chi connectivity index (χ0n) is 17.4. The van der Waals surface area contributed by atoms with Crippen molar-refractivity contribution in [3.05, 3.63) is 34.9 Å². The Balaban J connectivity index is 0.00000320. The summed E-state index contributed by atoms with van der Waals surface area (Å²) in [6.45, 7) is 3.66. The third-order valence-corrected chi connectivity index (χ3v) is 5.78. The Hall–Kier alpha value is -1.55. The fourth-order valence-electron chi connectivity index (χ4n) is 3.51. The number of carbonyl (C=O) groups excluding carboxylic acids is 2. The molecule has 166 valence electrons. The van der Waals surface area contributed by atoms with Gasteiger partial charge in [0.2, 0.25) is 11.8 Å². The quantitative estimate of drug-likeness (QED) is 0.238. The monoisotopic (exact) mass is 547 g/mol. The smallest absolute Gasteiger partial charge is 0.242 e. The minimum absolute atomic E-state index is 0. The molecule has 1 saturated carbocycles. The lowest BCUT2D eigenvalue weighted by molar-refractivity contribution is -0.135. The van der Waals surface area contributed by atoms with Crippen LogP contribution in [0.1, 0.15) is 31.2 Å². The van der Waals surface area contributed by atoms with Gasteiger partial charge in [-0.2, -0.15) is 0 Å². The van der Waals surface area contributed by atoms with E-state index < -0.39 is 0 Å². The largest absolute Gasteiger partial charge is 0.356 e. The number of aliphatic imine (C=N–C) groups is 1. The molecule has 1 aromatic carbocycles. The number of nitrogens with one attached hydrogen (secondary N) is 2. The van der Waals surface area contributed by atoms with E-state index in [1.807, 2.05) is 34.1 Å². The van der Waals surface area contributed by atoms with E-state index in [0.717, 1.165) is 37.3 Å². The molecule has 2 aliphatic rings. The van der Waals surface area contributed by atoms with Crippen molar-refractivity contribution in [2.24, 2.45) is 10.9 Å². The van der Waals surface area contributed by atoms with Crippen LogP contribution in [0.4, 0.5) is 0 Å². The van der Waals surface area contributed by atoms with Crippen molar-refractivity contribution < 1.29 is 9.59 Å². The Morgan fingerprint density at radius 2 is 1.87 bits per heavy atom. The molecule has 1 aliphatic carbocycles. The Morgan fingerprint density at radius 3 is 2.47 bits per heavy atom. The minimum Gasteiger partial charge on any atom is -0.356 e. The Bertz CT molecular complexity index is 739. The Labute approximate surface area is 200 Å². The number of halogens is 2. The standard InChI is InChI=1S/C21H30ClN5O2.HI/c1-23-21(25-11-3-10-24-20(29)17-4-2-5-17)27-13-12-26(19(28)15-27)14-16-6-8-18(22)9-7-16;/h6-9,17H,2-5,10-15H2,1H3,(H,23,25)(H,24,29);1H. The van der Waals surface area contributed by atoms with Crippen LogP contribution >= 0.6 is 35.6 Å². The van der Waals surface area contributed by atoms with Crippen LogP contribution in [0.15, 0.2) is 29.3 Å². The van der Waals surface area contributed by atoms with Crippen LogP contribution in [0.25, 0.3) is 0 Å². The van der Waals surface area contributed by atoms with E-state index in [-0.39, 0.29) is 41.7 Å². The maximum absolute atomic E-state index is 12.6. The summed E-state index contributed by atoms with van der Waals surface area (Å²) in [4.78, 5) is 32.6. The lowest BCUT2D eigenvalue weighted by Gasteiger charge is -2.36. The summed E-state index contributed by atoms with van der Waals surface area (Å²) in [5.74, 6) is 1.23. The number of nitrogens with zero attached hydrogens (tertiary/aromatic N) is 3. The molecule has 0 unspecified atom stereocenters. The summed E-state index contributed by atoms with van der Waals surface area (Å²) >= 11 is 5.92. The highest BCUT2D eigenvalue weighted by Crippen LogP contribution is 2.26. The maximum atomic E-state index is 12.6. The van der Waals surface area contributed by atoms with Crippen LogP contribution in [0.3, 0.4) is 0 Å². The molecule has 7 nitrogen and oxygen atoms in total. The summed E-state index contributed by atoms with van der Waals surface area (Å²) in [7, 11) is 1.73. The van der Waals surface area contributed by atoms with Crippen molar-refractivity contribution >= 4 is 53.4 Å². The third kappa shape index (κ3) is 7.01. The predicted molar refractivity (Wildman–Crippen MR) is 130 cm³/mol. The average Bonchev–Trinajstić information content (AvgIpc) is 2.66. The molecule has 3 rings (SSSR count). The van der Waals surface area contributed by atoms with Crippen molar-refractivity contribution in [1.29, 1.82) is 0 Å². The molecule has 2 N–H and O–H groups in total. The van der Waals surface area contributed by atoms with E-state index in [0.29, 0.717) is 37.7 Å². The second-order valence-electron chi connectivity index (χ2n) is 7.61. The second kappa shape index (κ2) is 12.3. The number of piperazine rings is 1. The van der Waals surface area contributed by atoms with Crippen LogP contribution in [0.5, 0.6) is 0 Å². The summed E-state index contributed by atoms with van der Waals surface area (Å²) < 4.78 is 0. The van der Waals surface area contributed by atoms with Gasteiger partial charge in [-0.25, -0.2) is 0 Å². The molecular formula is C21H31ClIN5O2. The highest BCUT2D eigenvalue weighted by molar-refractivity contribution is 14.0. The van der Waals surface area contributed by atoms with E-state index in [4.69, 9.17) is 11.6 Å². The van der Waals surface area contributed by atoms with E-state index in [9.17, 15) is 9.59 Å². The van der Waals surface area contributed by atoms with Gasteiger partial charge in [0, 0.05) is 50.7 Å². The number of guanidine groups is 1. The molecule has 2 amide bonds. The van der Waals surface area contributed by atoms with E-state index in [1.54, 1.807) is 7.05 Å². The van der Waals surface area contributed by atoms with Crippen LogP contribution < -0.4 is 10.6 Å². The zero-order valence-corrected chi connectivity index (χ0v) is 20.5. The summed E-state index contributed by atoms with van der Waals surface area (Å²) in [5, 5.41) is 6.99. The molecule has 0 bridgehead atoms. The first-order valence-corrected chi connectivity index (χ1v) is 10.7. The number of benzene rings is 1. The van der Waals surface area contributed by atoms with E-state index >= 15 is 0 Å². The van der Waals surface area contributed by atoms with Crippen molar-refractivity contribution in [1.82, 2.24) is 20.4 Å². The number of carbonyl (C=O) groups is 2. The molecule has 1 heterocycles. The minimum atomic E-state index is 0. The maximum Gasteiger partial charge on any atom is 0.242 e. The lowest BCUT2D eigenvalue weighted by atomic mass is 9.85. The first-order chi connectivity index (χ1) is 14.1. The number of rotatable bonds is 7. The summed E-state index contributed by atoms with van der Waals surface area (Å²) in [6.07, 6.45) is 4.03. The second-order valence-corrected chi connectivity index (χ2v) is 8.05. The van der Waals surface area contributed by atoms with Crippen molar-refractivity contribution in [2.45, 2.75) is 32.2 Å². The van der Waals surface area contributed by atoms with Crippen LogP contribution in [0, 0.1) is 5.92 Å². The van der Waals surface area contributed by atoms with Gasteiger partial charge in [-0.1, -0.05) is 30.2 Å². The molecule has 0 radical (unpaired) electrons. The highest BCUT2D eigenvalue weighted by Gasteiger charge is 2.26. The predicted octanol–water partition coefficient (Wildman–Crippen LogP) is 2.48. The number of hydrogen-bond acceptors (Lipinski definition) is 3. The van der Waals surface area contributed by atoms with Crippen LogP contribution in [-0.4, -0.2) is 67.3 Å². The van der Waals surface area contributed by atoms with Crippen molar-refractivity contribution in [3.8, 4) is 0 Å². The van der Waals surface area contributed by atoms with Gasteiger partial charge in [-0.3, -0.25) is 14.6 Å². The van der Waals surface area contributed by atoms with Gasteiger partial charge in [-0.05, 0) is 37.0 Å². The molecule has 0 aromatic heterocycles. The Kier molecular flexibility index (Phi) is 10.2. The molecule has 30 heavy (non-hydrogen) atoms. The van der Waals surface area contributed by atoms with Crippen molar-refractivity contribution in [3.63, 3.8) is 0 Å². The first kappa shape index (κ1) is 24.7. The lowest BCUT2D eigenvalue weighted by Crippen LogP contribution is -2.55. The summed E-state index contributed by atoms with van der Waals surface area (Å²) in [5.41, 5.74) is 1.07. The molecule has 2 fully saturated rings. The highest BCUT2D eigenvalue weighted by atomic mass is 127. The summed E-state index contributed by atoms with van der Waals surface area (Å²) in [6, 6.07) is 7.59. The molecule has 1 saturated heterocycles. The van der Waals surface area contributed by atoms with Gasteiger partial charge in [0.15, 0.2) is 5.96 Å². The molecule has 1 aromatic rings. The van der Waals surface area contributed by atoms with Gasteiger partial charge < -0.3 is 20.4 Å². The molecule has 0 spiro atoms.